The van der Waals surface area contributed by atoms with Crippen molar-refractivity contribution >= 4 is 32.3 Å². The summed E-state index contributed by atoms with van der Waals surface area (Å²) in [5, 5.41) is 15.4. The molecule has 4 rings (SSSR count). The second-order valence-electron chi connectivity index (χ2n) is 4.41. The Bertz CT molecular complexity index is 661. The van der Waals surface area contributed by atoms with E-state index in [2.05, 4.69) is 58.7 Å². The highest BCUT2D eigenvalue weighted by Crippen LogP contribution is 2.33. The first kappa shape index (κ1) is 9.54. The molecule has 2 nitrogen and oxygen atoms in total. The average molecular weight is 230 g/mol. The number of rotatable bonds is 0. The molecule has 1 heterocycles. The quantitative estimate of drug-likeness (QED) is 0.428. The largest absolute Gasteiger partial charge is 0.158 e. The molecule has 0 aliphatic heterocycles. The van der Waals surface area contributed by atoms with Gasteiger partial charge in [0.05, 0.1) is 12.4 Å². The van der Waals surface area contributed by atoms with Gasteiger partial charge in [-0.15, -0.1) is 0 Å². The molecule has 2 heteroatoms. The minimum atomic E-state index is 1.17. The summed E-state index contributed by atoms with van der Waals surface area (Å²) < 4.78 is 0. The highest BCUT2D eigenvalue weighted by molar-refractivity contribution is 6.24. The van der Waals surface area contributed by atoms with Crippen LogP contribution in [-0.2, 0) is 0 Å². The lowest BCUT2D eigenvalue weighted by molar-refractivity contribution is 1.05. The number of nitrogens with zero attached hydrogens (tertiary/aromatic N) is 2. The van der Waals surface area contributed by atoms with E-state index in [1.54, 1.807) is 0 Å². The molecule has 0 saturated heterocycles. The molecule has 4 aromatic rings. The van der Waals surface area contributed by atoms with Crippen LogP contribution in [0.4, 0.5) is 0 Å². The molecule has 0 atom stereocenters. The summed E-state index contributed by atoms with van der Waals surface area (Å²) in [6.45, 7) is 0. The van der Waals surface area contributed by atoms with E-state index in [9.17, 15) is 0 Å². The maximum atomic E-state index is 4.02. The maximum absolute atomic E-state index is 4.02. The van der Waals surface area contributed by atoms with Gasteiger partial charge >= 0.3 is 0 Å². The zero-order valence-electron chi connectivity index (χ0n) is 9.67. The Hall–Kier alpha value is -2.48. The van der Waals surface area contributed by atoms with Crippen molar-refractivity contribution < 1.29 is 0 Å². The molecule has 0 unspecified atom stereocenters. The van der Waals surface area contributed by atoms with Crippen molar-refractivity contribution in [2.45, 2.75) is 0 Å². The Morgan fingerprint density at radius 2 is 0.778 bits per heavy atom. The van der Waals surface area contributed by atoms with Gasteiger partial charge in [0.15, 0.2) is 0 Å². The molecule has 0 bridgehead atoms. The molecule has 0 saturated carbocycles. The first-order chi connectivity index (χ1) is 8.95. The van der Waals surface area contributed by atoms with Crippen molar-refractivity contribution in [2.24, 2.45) is 0 Å². The minimum Gasteiger partial charge on any atom is -0.158 e. The molecule has 0 aliphatic rings. The third kappa shape index (κ3) is 1.17. The molecule has 18 heavy (non-hydrogen) atoms. The lowest BCUT2D eigenvalue weighted by Crippen LogP contribution is -1.85. The van der Waals surface area contributed by atoms with Gasteiger partial charge in [-0.3, -0.25) is 0 Å². The van der Waals surface area contributed by atoms with Crippen LogP contribution in [0.3, 0.4) is 0 Å². The maximum Gasteiger partial charge on any atom is 0.0581 e. The summed E-state index contributed by atoms with van der Waals surface area (Å²) in [6, 6.07) is 16.9. The Labute approximate surface area is 104 Å². The van der Waals surface area contributed by atoms with Gasteiger partial charge < -0.3 is 0 Å². The fourth-order valence-electron chi connectivity index (χ4n) is 2.66. The molecule has 0 spiro atoms. The van der Waals surface area contributed by atoms with Crippen molar-refractivity contribution in [1.29, 1.82) is 0 Å². The van der Waals surface area contributed by atoms with Crippen LogP contribution in [0.25, 0.3) is 32.3 Å². The molecule has 0 fully saturated rings. The van der Waals surface area contributed by atoms with Crippen LogP contribution in [0.5, 0.6) is 0 Å². The normalized spacial score (nSPS) is 11.3. The van der Waals surface area contributed by atoms with Crippen LogP contribution in [0, 0.1) is 0 Å². The monoisotopic (exact) mass is 230 g/mol. The Kier molecular flexibility index (Phi) is 1.86. The number of benzene rings is 3. The van der Waals surface area contributed by atoms with Crippen molar-refractivity contribution in [2.75, 3.05) is 0 Å². The van der Waals surface area contributed by atoms with E-state index in [4.69, 9.17) is 0 Å². The van der Waals surface area contributed by atoms with Gasteiger partial charge in [0, 0.05) is 10.8 Å². The summed E-state index contributed by atoms with van der Waals surface area (Å²) in [4.78, 5) is 0. The molecular formula is C16H10N2. The van der Waals surface area contributed by atoms with Crippen LogP contribution in [-0.4, -0.2) is 10.2 Å². The van der Waals surface area contributed by atoms with Gasteiger partial charge in [-0.25, -0.2) is 0 Å². The van der Waals surface area contributed by atoms with Gasteiger partial charge in [0.2, 0.25) is 0 Å². The average Bonchev–Trinajstić information content (AvgIpc) is 2.48. The summed E-state index contributed by atoms with van der Waals surface area (Å²) >= 11 is 0. The highest BCUT2D eigenvalue weighted by Gasteiger charge is 2.07. The molecule has 0 aliphatic carbocycles. The Morgan fingerprint density at radius 3 is 1.17 bits per heavy atom. The Balaban J connectivity index is 2.46. The zero-order chi connectivity index (χ0) is 11.9. The van der Waals surface area contributed by atoms with Crippen LogP contribution in [0.1, 0.15) is 0 Å². The summed E-state index contributed by atoms with van der Waals surface area (Å²) in [6.07, 6.45) is 3.70. The number of hydrogen-bond acceptors (Lipinski definition) is 2. The van der Waals surface area contributed by atoms with E-state index in [1.165, 1.54) is 32.3 Å². The third-order valence-electron chi connectivity index (χ3n) is 3.46. The molecule has 0 amide bonds. The van der Waals surface area contributed by atoms with E-state index in [1.807, 2.05) is 12.4 Å². The van der Waals surface area contributed by atoms with E-state index in [0.29, 0.717) is 0 Å². The summed E-state index contributed by atoms with van der Waals surface area (Å²) in [5.41, 5.74) is 0. The first-order valence-corrected chi connectivity index (χ1v) is 5.95. The van der Waals surface area contributed by atoms with Gasteiger partial charge in [-0.05, 0) is 21.5 Å². The van der Waals surface area contributed by atoms with Gasteiger partial charge in [-0.2, -0.15) is 10.2 Å². The van der Waals surface area contributed by atoms with Gasteiger partial charge in [0.1, 0.15) is 0 Å². The van der Waals surface area contributed by atoms with Gasteiger partial charge in [0.25, 0.3) is 0 Å². The van der Waals surface area contributed by atoms with Gasteiger partial charge in [-0.1, -0.05) is 48.5 Å². The molecule has 84 valence electrons. The van der Waals surface area contributed by atoms with Crippen molar-refractivity contribution in [3.8, 4) is 0 Å². The topological polar surface area (TPSA) is 25.8 Å². The van der Waals surface area contributed by atoms with Crippen LogP contribution < -0.4 is 0 Å². The second-order valence-corrected chi connectivity index (χ2v) is 4.41. The van der Waals surface area contributed by atoms with E-state index in [-0.39, 0.29) is 0 Å². The SMILES string of the molecule is c1ccc2c(c1)c1ccccc1c1cnncc21. The minimum absolute atomic E-state index is 1.17. The van der Waals surface area contributed by atoms with E-state index in [0.717, 1.165) is 0 Å². The standard InChI is InChI=1S/C16H10N2/c1-3-7-13-11(5-1)12-6-2-4-8-14(12)16-10-18-17-9-15(13)16/h1-10H. The highest BCUT2D eigenvalue weighted by atomic mass is 15.1. The second kappa shape index (κ2) is 3.50. The van der Waals surface area contributed by atoms with E-state index < -0.39 is 0 Å². The molecule has 3 aromatic carbocycles. The van der Waals surface area contributed by atoms with Crippen LogP contribution >= 0.6 is 0 Å². The predicted octanol–water partition coefficient (Wildman–Crippen LogP) is 3.94. The number of hydrogen-bond donors (Lipinski definition) is 0. The first-order valence-electron chi connectivity index (χ1n) is 5.95. The van der Waals surface area contributed by atoms with Crippen molar-refractivity contribution in [1.82, 2.24) is 10.2 Å². The smallest absolute Gasteiger partial charge is 0.0581 e. The van der Waals surface area contributed by atoms with Crippen LogP contribution in [0.15, 0.2) is 60.9 Å². The summed E-state index contributed by atoms with van der Waals surface area (Å²) in [5.74, 6) is 0. The predicted molar refractivity (Wildman–Crippen MR) is 74.6 cm³/mol. The number of fused-ring (bicyclic) bond motifs is 6. The third-order valence-corrected chi connectivity index (χ3v) is 3.46. The van der Waals surface area contributed by atoms with Crippen molar-refractivity contribution in [3.63, 3.8) is 0 Å². The molecular weight excluding hydrogens is 220 g/mol. The van der Waals surface area contributed by atoms with Crippen molar-refractivity contribution in [3.05, 3.63) is 60.9 Å². The molecule has 0 N–H and O–H groups in total. The molecule has 1 aromatic heterocycles. The lowest BCUT2D eigenvalue weighted by atomic mass is 9.96. The molecule has 0 radical (unpaired) electrons. The zero-order valence-corrected chi connectivity index (χ0v) is 9.67. The lowest BCUT2D eigenvalue weighted by Gasteiger charge is -2.08. The van der Waals surface area contributed by atoms with E-state index >= 15 is 0 Å². The summed E-state index contributed by atoms with van der Waals surface area (Å²) in [7, 11) is 0. The fraction of sp³-hybridized carbons (Fsp3) is 0. The van der Waals surface area contributed by atoms with Crippen LogP contribution in [0.2, 0.25) is 0 Å². The Morgan fingerprint density at radius 1 is 0.444 bits per heavy atom. The fourth-order valence-corrected chi connectivity index (χ4v) is 2.66. The number of aromatic nitrogens is 2.